The molecule has 1 aromatic rings. The van der Waals surface area contributed by atoms with Crippen LogP contribution in [0.25, 0.3) is 0 Å². The molecule has 0 aliphatic carbocycles. The van der Waals surface area contributed by atoms with Gasteiger partial charge in [-0.1, -0.05) is 18.5 Å². The summed E-state index contributed by atoms with van der Waals surface area (Å²) in [4.78, 5) is 8.05. The molecular formula is C17H30ClIN4OS. The second kappa shape index (κ2) is 12.3. The molecule has 2 rings (SSSR count). The molecule has 144 valence electrons. The van der Waals surface area contributed by atoms with Gasteiger partial charge in [-0.3, -0.25) is 4.99 Å². The number of hydrogen-bond donors (Lipinski definition) is 3. The maximum atomic E-state index is 10.2. The number of thiophene rings is 1. The quantitative estimate of drug-likeness (QED) is 0.291. The number of nitrogens with one attached hydrogen (secondary N) is 2. The molecule has 2 heterocycles. The Morgan fingerprint density at radius 1 is 1.36 bits per heavy atom. The number of likely N-dealkylation sites (tertiary alicyclic amines) is 1. The van der Waals surface area contributed by atoms with Gasteiger partial charge in [0.25, 0.3) is 0 Å². The van der Waals surface area contributed by atoms with E-state index in [1.807, 2.05) is 19.1 Å². The summed E-state index contributed by atoms with van der Waals surface area (Å²) in [6.07, 6.45) is 2.07. The summed E-state index contributed by atoms with van der Waals surface area (Å²) in [6.45, 7) is 9.85. The van der Waals surface area contributed by atoms with Crippen LogP contribution < -0.4 is 10.6 Å². The molecule has 2 unspecified atom stereocenters. The molecule has 0 amide bonds. The van der Waals surface area contributed by atoms with Crippen LogP contribution in [0.4, 0.5) is 0 Å². The average Bonchev–Trinajstić information content (AvgIpc) is 3.21. The predicted octanol–water partition coefficient (Wildman–Crippen LogP) is 3.34. The van der Waals surface area contributed by atoms with E-state index in [4.69, 9.17) is 11.6 Å². The third-order valence-electron chi connectivity index (χ3n) is 4.06. The Kier molecular flexibility index (Phi) is 11.3. The average molecular weight is 501 g/mol. The maximum absolute atomic E-state index is 10.2. The monoisotopic (exact) mass is 500 g/mol. The first kappa shape index (κ1) is 23.0. The van der Waals surface area contributed by atoms with Crippen LogP contribution >= 0.6 is 46.9 Å². The van der Waals surface area contributed by atoms with E-state index in [1.165, 1.54) is 37.3 Å². The van der Waals surface area contributed by atoms with Gasteiger partial charge in [-0.05, 0) is 50.9 Å². The summed E-state index contributed by atoms with van der Waals surface area (Å²) < 4.78 is 0.695. The van der Waals surface area contributed by atoms with Crippen molar-refractivity contribution in [1.29, 1.82) is 0 Å². The number of hydrogen-bond acceptors (Lipinski definition) is 4. The number of aliphatic imine (C=N–C) groups is 1. The van der Waals surface area contributed by atoms with Gasteiger partial charge in [-0.2, -0.15) is 0 Å². The molecule has 8 heteroatoms. The van der Waals surface area contributed by atoms with E-state index >= 15 is 0 Å². The van der Waals surface area contributed by atoms with E-state index in [2.05, 4.69) is 27.4 Å². The van der Waals surface area contributed by atoms with Crippen molar-refractivity contribution >= 4 is 52.9 Å². The SMILES string of the molecule is CCNC(=NCC(C)CN1CCCC1)NCC(O)c1ccc(Cl)s1.I. The minimum atomic E-state index is -0.576. The van der Waals surface area contributed by atoms with Gasteiger partial charge in [0.1, 0.15) is 6.10 Å². The third kappa shape index (κ3) is 8.43. The van der Waals surface area contributed by atoms with E-state index in [1.54, 1.807) is 0 Å². The van der Waals surface area contributed by atoms with Crippen molar-refractivity contribution in [3.8, 4) is 0 Å². The zero-order chi connectivity index (χ0) is 17.4. The van der Waals surface area contributed by atoms with E-state index in [-0.39, 0.29) is 24.0 Å². The molecule has 1 fully saturated rings. The highest BCUT2D eigenvalue weighted by atomic mass is 127. The molecule has 3 N–H and O–H groups in total. The first-order valence-corrected chi connectivity index (χ1v) is 9.95. The summed E-state index contributed by atoms with van der Waals surface area (Å²) in [5.74, 6) is 1.28. The fraction of sp³-hybridized carbons (Fsp3) is 0.706. The van der Waals surface area contributed by atoms with Gasteiger partial charge < -0.3 is 20.6 Å². The van der Waals surface area contributed by atoms with Gasteiger partial charge >= 0.3 is 0 Å². The first-order chi connectivity index (χ1) is 11.6. The standard InChI is InChI=1S/C17H29ClN4OS.HI/c1-3-19-17(20-10-13(2)12-22-8-4-5-9-22)21-11-14(23)15-6-7-16(18)24-15;/h6-7,13-14,23H,3-5,8-12H2,1-2H3,(H2,19,20,21);1H. The van der Waals surface area contributed by atoms with Gasteiger partial charge in [-0.25, -0.2) is 0 Å². The largest absolute Gasteiger partial charge is 0.386 e. The van der Waals surface area contributed by atoms with Gasteiger partial charge in [0.15, 0.2) is 5.96 Å². The summed E-state index contributed by atoms with van der Waals surface area (Å²) in [7, 11) is 0. The van der Waals surface area contributed by atoms with Crippen LogP contribution in [0.5, 0.6) is 0 Å². The lowest BCUT2D eigenvalue weighted by atomic mass is 10.2. The minimum absolute atomic E-state index is 0. The lowest BCUT2D eigenvalue weighted by Gasteiger charge is -2.19. The van der Waals surface area contributed by atoms with Crippen molar-refractivity contribution in [2.45, 2.75) is 32.8 Å². The Labute approximate surface area is 177 Å². The molecule has 0 aromatic carbocycles. The topological polar surface area (TPSA) is 59.9 Å². The van der Waals surface area contributed by atoms with Crippen LogP contribution in [0.3, 0.4) is 0 Å². The van der Waals surface area contributed by atoms with Crippen LogP contribution in [-0.4, -0.2) is 55.2 Å². The normalized spacial score (nSPS) is 17.8. The number of rotatable bonds is 8. The second-order valence-corrected chi connectivity index (χ2v) is 8.12. The van der Waals surface area contributed by atoms with Crippen molar-refractivity contribution in [3.05, 3.63) is 21.3 Å². The molecule has 0 bridgehead atoms. The van der Waals surface area contributed by atoms with Crippen LogP contribution in [0.1, 0.15) is 37.7 Å². The molecule has 1 aromatic heterocycles. The Morgan fingerprint density at radius 3 is 2.68 bits per heavy atom. The lowest BCUT2D eigenvalue weighted by molar-refractivity contribution is 0.184. The van der Waals surface area contributed by atoms with Crippen LogP contribution in [0.2, 0.25) is 4.34 Å². The molecule has 2 atom stereocenters. The highest BCUT2D eigenvalue weighted by molar-refractivity contribution is 14.0. The number of guanidine groups is 1. The molecule has 0 radical (unpaired) electrons. The second-order valence-electron chi connectivity index (χ2n) is 6.37. The number of nitrogens with zero attached hydrogens (tertiary/aromatic N) is 2. The molecular weight excluding hydrogens is 471 g/mol. The van der Waals surface area contributed by atoms with E-state index in [0.29, 0.717) is 16.8 Å². The molecule has 1 aliphatic heterocycles. The summed E-state index contributed by atoms with van der Waals surface area (Å²) in [5.41, 5.74) is 0. The minimum Gasteiger partial charge on any atom is -0.386 e. The molecule has 1 saturated heterocycles. The smallest absolute Gasteiger partial charge is 0.191 e. The fourth-order valence-corrected chi connectivity index (χ4v) is 3.90. The van der Waals surface area contributed by atoms with Crippen LogP contribution in [0, 0.1) is 5.92 Å². The fourth-order valence-electron chi connectivity index (χ4n) is 2.85. The predicted molar refractivity (Wildman–Crippen MR) is 119 cm³/mol. The molecule has 5 nitrogen and oxygen atoms in total. The van der Waals surface area contributed by atoms with E-state index < -0.39 is 6.10 Å². The highest BCUT2D eigenvalue weighted by Crippen LogP contribution is 2.26. The Bertz CT molecular complexity index is 523. The van der Waals surface area contributed by atoms with Crippen molar-refractivity contribution in [2.75, 3.05) is 39.3 Å². The van der Waals surface area contributed by atoms with Crippen molar-refractivity contribution in [2.24, 2.45) is 10.9 Å². The lowest BCUT2D eigenvalue weighted by Crippen LogP contribution is -2.40. The number of aliphatic hydroxyl groups is 1. The van der Waals surface area contributed by atoms with Crippen LogP contribution in [-0.2, 0) is 0 Å². The number of aliphatic hydroxyl groups excluding tert-OH is 1. The maximum Gasteiger partial charge on any atom is 0.191 e. The Hall–Kier alpha value is -0.0900. The zero-order valence-corrected chi connectivity index (χ0v) is 18.9. The molecule has 0 spiro atoms. The Morgan fingerprint density at radius 2 is 2.08 bits per heavy atom. The molecule has 1 aliphatic rings. The van der Waals surface area contributed by atoms with E-state index in [9.17, 15) is 5.11 Å². The summed E-state index contributed by atoms with van der Waals surface area (Å²) >= 11 is 7.32. The summed E-state index contributed by atoms with van der Waals surface area (Å²) in [5, 5.41) is 16.7. The molecule has 0 saturated carbocycles. The van der Waals surface area contributed by atoms with Crippen molar-refractivity contribution in [3.63, 3.8) is 0 Å². The van der Waals surface area contributed by atoms with Crippen molar-refractivity contribution < 1.29 is 5.11 Å². The van der Waals surface area contributed by atoms with Gasteiger partial charge in [0.05, 0.1) is 4.34 Å². The van der Waals surface area contributed by atoms with Gasteiger partial charge in [-0.15, -0.1) is 35.3 Å². The van der Waals surface area contributed by atoms with Gasteiger partial charge in [0.2, 0.25) is 0 Å². The van der Waals surface area contributed by atoms with Gasteiger partial charge in [0, 0.05) is 31.1 Å². The van der Waals surface area contributed by atoms with Crippen molar-refractivity contribution in [1.82, 2.24) is 15.5 Å². The first-order valence-electron chi connectivity index (χ1n) is 8.76. The Balaban J connectivity index is 0.00000312. The highest BCUT2D eigenvalue weighted by Gasteiger charge is 2.15. The molecule has 25 heavy (non-hydrogen) atoms. The number of halogens is 2. The van der Waals surface area contributed by atoms with Crippen LogP contribution in [0.15, 0.2) is 17.1 Å². The zero-order valence-electron chi connectivity index (χ0n) is 15.0. The summed E-state index contributed by atoms with van der Waals surface area (Å²) in [6, 6.07) is 3.67. The third-order valence-corrected chi connectivity index (χ3v) is 5.39. The van der Waals surface area contributed by atoms with E-state index in [0.717, 1.165) is 30.5 Å².